The summed E-state index contributed by atoms with van der Waals surface area (Å²) in [7, 11) is 1.28. The molecule has 9 heteroatoms. The van der Waals surface area contributed by atoms with Gasteiger partial charge in [-0.05, 0) is 31.0 Å². The van der Waals surface area contributed by atoms with Gasteiger partial charge in [-0.15, -0.1) is 0 Å². The van der Waals surface area contributed by atoms with E-state index < -0.39 is 29.4 Å². The lowest BCUT2D eigenvalue weighted by atomic mass is 10.0. The van der Waals surface area contributed by atoms with Crippen molar-refractivity contribution in [2.45, 2.75) is 26.4 Å². The van der Waals surface area contributed by atoms with E-state index in [9.17, 15) is 24.5 Å². The fourth-order valence-electron chi connectivity index (χ4n) is 2.66. The van der Waals surface area contributed by atoms with Gasteiger partial charge in [-0.2, -0.15) is 0 Å². The summed E-state index contributed by atoms with van der Waals surface area (Å²) in [5.41, 5.74) is 1.11. The molecule has 0 spiro atoms. The largest absolute Gasteiger partial charge is 0.490 e. The van der Waals surface area contributed by atoms with E-state index in [4.69, 9.17) is 9.47 Å². The van der Waals surface area contributed by atoms with Crippen molar-refractivity contribution in [3.63, 3.8) is 0 Å². The lowest BCUT2D eigenvalue weighted by Gasteiger charge is -2.13. The summed E-state index contributed by atoms with van der Waals surface area (Å²) in [6, 6.07) is 10.7. The zero-order chi connectivity index (χ0) is 22.3. The van der Waals surface area contributed by atoms with Crippen LogP contribution in [0.25, 0.3) is 0 Å². The maximum Gasteiger partial charge on any atom is 0.326 e. The van der Waals surface area contributed by atoms with Gasteiger partial charge in [-0.1, -0.05) is 31.2 Å². The van der Waals surface area contributed by atoms with Crippen molar-refractivity contribution in [1.82, 2.24) is 5.32 Å². The Balaban J connectivity index is 1.93. The second kappa shape index (κ2) is 10.1. The van der Waals surface area contributed by atoms with Crippen molar-refractivity contribution in [3.8, 4) is 5.75 Å². The monoisotopic (exact) mass is 414 g/mol. The van der Waals surface area contributed by atoms with Crippen LogP contribution in [0.1, 0.15) is 40.1 Å². The SMILES string of the molecule is CCc1ccc(C(=O)[C@@H](C)OC(=O)CNC(=O)c2ccc(OC)c([N+](=O)[O-])c2)cc1. The van der Waals surface area contributed by atoms with Gasteiger partial charge in [-0.25, -0.2) is 0 Å². The first-order chi connectivity index (χ1) is 14.3. The van der Waals surface area contributed by atoms with Crippen LogP contribution in [0.3, 0.4) is 0 Å². The Morgan fingerprint density at radius 2 is 1.73 bits per heavy atom. The van der Waals surface area contributed by atoms with Crippen LogP contribution in [0, 0.1) is 10.1 Å². The number of aryl methyl sites for hydroxylation is 1. The van der Waals surface area contributed by atoms with E-state index in [0.29, 0.717) is 5.56 Å². The zero-order valence-corrected chi connectivity index (χ0v) is 16.8. The van der Waals surface area contributed by atoms with Crippen LogP contribution in [0.15, 0.2) is 42.5 Å². The summed E-state index contributed by atoms with van der Waals surface area (Å²) in [6.07, 6.45) is -0.181. The number of nitro benzene ring substituents is 1. The van der Waals surface area contributed by atoms with Crippen molar-refractivity contribution in [2.75, 3.05) is 13.7 Å². The molecular weight excluding hydrogens is 392 g/mol. The predicted octanol–water partition coefficient (Wildman–Crippen LogP) is 2.71. The van der Waals surface area contributed by atoms with Gasteiger partial charge in [0, 0.05) is 17.2 Å². The molecule has 0 fully saturated rings. The minimum absolute atomic E-state index is 0.00951. The van der Waals surface area contributed by atoms with Gasteiger partial charge in [0.25, 0.3) is 5.91 Å². The summed E-state index contributed by atoms with van der Waals surface area (Å²) in [4.78, 5) is 46.9. The molecule has 2 aromatic carbocycles. The van der Waals surface area contributed by atoms with E-state index in [1.54, 1.807) is 12.1 Å². The van der Waals surface area contributed by atoms with Gasteiger partial charge in [0.1, 0.15) is 6.54 Å². The zero-order valence-electron chi connectivity index (χ0n) is 16.8. The smallest absolute Gasteiger partial charge is 0.326 e. The molecular formula is C21H22N2O7. The summed E-state index contributed by atoms with van der Waals surface area (Å²) in [6.45, 7) is 2.95. The fraction of sp³-hybridized carbons (Fsp3) is 0.286. The molecule has 30 heavy (non-hydrogen) atoms. The molecule has 9 nitrogen and oxygen atoms in total. The van der Waals surface area contributed by atoms with E-state index in [-0.39, 0.29) is 22.8 Å². The Morgan fingerprint density at radius 3 is 2.30 bits per heavy atom. The lowest BCUT2D eigenvalue weighted by molar-refractivity contribution is -0.385. The van der Waals surface area contributed by atoms with Crippen LogP contribution in [0.5, 0.6) is 5.75 Å². The van der Waals surface area contributed by atoms with Gasteiger partial charge >= 0.3 is 11.7 Å². The number of methoxy groups -OCH3 is 1. The van der Waals surface area contributed by atoms with Crippen molar-refractivity contribution < 1.29 is 28.8 Å². The van der Waals surface area contributed by atoms with Crippen LogP contribution >= 0.6 is 0 Å². The molecule has 0 aliphatic heterocycles. The fourth-order valence-corrected chi connectivity index (χ4v) is 2.66. The third kappa shape index (κ3) is 5.63. The van der Waals surface area contributed by atoms with Crippen LogP contribution in [0.4, 0.5) is 5.69 Å². The first kappa shape index (κ1) is 22.5. The third-order valence-electron chi connectivity index (χ3n) is 4.36. The van der Waals surface area contributed by atoms with Gasteiger partial charge in [-0.3, -0.25) is 24.5 Å². The quantitative estimate of drug-likeness (QED) is 0.289. The number of hydrogen-bond acceptors (Lipinski definition) is 7. The Bertz CT molecular complexity index is 954. The number of rotatable bonds is 9. The second-order valence-corrected chi connectivity index (χ2v) is 6.37. The van der Waals surface area contributed by atoms with E-state index >= 15 is 0 Å². The number of amides is 1. The Kier molecular flexibility index (Phi) is 7.62. The lowest BCUT2D eigenvalue weighted by Crippen LogP contribution is -2.34. The molecule has 0 saturated heterocycles. The molecule has 158 valence electrons. The van der Waals surface area contributed by atoms with Gasteiger partial charge in [0.15, 0.2) is 11.9 Å². The van der Waals surface area contributed by atoms with Crippen LogP contribution in [0.2, 0.25) is 0 Å². The van der Waals surface area contributed by atoms with Crippen molar-refractivity contribution in [1.29, 1.82) is 0 Å². The summed E-state index contributed by atoms with van der Waals surface area (Å²) in [5.74, 6) is -1.86. The molecule has 0 bridgehead atoms. The van der Waals surface area contributed by atoms with E-state index in [1.807, 2.05) is 19.1 Å². The molecule has 0 radical (unpaired) electrons. The average molecular weight is 414 g/mol. The number of Topliss-reactive ketones (excluding diaryl/α,β-unsaturated/α-hetero) is 1. The standard InChI is InChI=1S/C21H22N2O7/c1-4-14-5-7-15(8-6-14)20(25)13(2)30-19(24)12-22-21(26)16-9-10-18(29-3)17(11-16)23(27)28/h5-11,13H,4,12H2,1-3H3,(H,22,26)/t13-/m1/s1. The first-order valence-electron chi connectivity index (χ1n) is 9.20. The van der Waals surface area contributed by atoms with Crippen molar-refractivity contribution in [2.24, 2.45) is 0 Å². The number of ether oxygens (including phenoxy) is 2. The Labute approximate surface area is 173 Å². The average Bonchev–Trinajstić information content (AvgIpc) is 2.76. The molecule has 0 aliphatic rings. The number of hydrogen-bond donors (Lipinski definition) is 1. The summed E-state index contributed by atoms with van der Waals surface area (Å²) in [5, 5.41) is 13.4. The molecule has 2 rings (SSSR count). The number of carbonyl (C=O) groups excluding carboxylic acids is 3. The summed E-state index contributed by atoms with van der Waals surface area (Å²) >= 11 is 0. The molecule has 0 unspecified atom stereocenters. The molecule has 2 aromatic rings. The van der Waals surface area contributed by atoms with Crippen LogP contribution in [-0.2, 0) is 16.0 Å². The number of benzene rings is 2. The van der Waals surface area contributed by atoms with Gasteiger partial charge in [0.05, 0.1) is 12.0 Å². The predicted molar refractivity (Wildman–Crippen MR) is 108 cm³/mol. The normalized spacial score (nSPS) is 11.3. The maximum absolute atomic E-state index is 12.4. The van der Waals surface area contributed by atoms with Crippen molar-refractivity contribution in [3.05, 3.63) is 69.3 Å². The highest BCUT2D eigenvalue weighted by Crippen LogP contribution is 2.27. The molecule has 1 atom stereocenters. The number of nitrogens with one attached hydrogen (secondary N) is 1. The van der Waals surface area contributed by atoms with Crippen LogP contribution < -0.4 is 10.1 Å². The van der Waals surface area contributed by atoms with Crippen molar-refractivity contribution >= 4 is 23.3 Å². The highest BCUT2D eigenvalue weighted by molar-refractivity contribution is 6.00. The topological polar surface area (TPSA) is 125 Å². The number of esters is 1. The molecule has 0 saturated carbocycles. The van der Waals surface area contributed by atoms with E-state index in [2.05, 4.69) is 5.32 Å². The highest BCUT2D eigenvalue weighted by Gasteiger charge is 2.21. The number of nitrogens with zero attached hydrogens (tertiary/aromatic N) is 1. The molecule has 0 aromatic heterocycles. The number of ketones is 1. The minimum Gasteiger partial charge on any atom is -0.490 e. The maximum atomic E-state index is 12.4. The van der Waals surface area contributed by atoms with Gasteiger partial charge < -0.3 is 14.8 Å². The number of nitro groups is 1. The molecule has 0 heterocycles. The highest BCUT2D eigenvalue weighted by atomic mass is 16.6. The number of carbonyl (C=O) groups is 3. The second-order valence-electron chi connectivity index (χ2n) is 6.37. The van der Waals surface area contributed by atoms with Gasteiger partial charge in [0.2, 0.25) is 5.78 Å². The molecule has 1 amide bonds. The van der Waals surface area contributed by atoms with Crippen LogP contribution in [-0.4, -0.2) is 42.3 Å². The first-order valence-corrected chi connectivity index (χ1v) is 9.20. The third-order valence-corrected chi connectivity index (χ3v) is 4.36. The molecule has 1 N–H and O–H groups in total. The Hall–Kier alpha value is -3.75. The van der Waals surface area contributed by atoms with E-state index in [0.717, 1.165) is 18.1 Å². The van der Waals surface area contributed by atoms with E-state index in [1.165, 1.54) is 26.2 Å². The molecule has 0 aliphatic carbocycles. The summed E-state index contributed by atoms with van der Waals surface area (Å²) < 4.78 is 9.95. The Morgan fingerprint density at radius 1 is 1.10 bits per heavy atom. The minimum atomic E-state index is -1.02.